The third-order valence-corrected chi connectivity index (χ3v) is 4.65. The maximum atomic E-state index is 9.48. The molecule has 23 heavy (non-hydrogen) atoms. The van der Waals surface area contributed by atoms with Gasteiger partial charge in [-0.15, -0.1) is 0 Å². The molecule has 0 unspecified atom stereocenters. The average Bonchev–Trinajstić information content (AvgIpc) is 3.06. The number of aromatic nitrogens is 1. The second kappa shape index (κ2) is 5.81. The van der Waals surface area contributed by atoms with Gasteiger partial charge in [-0.2, -0.15) is 5.26 Å². The quantitative estimate of drug-likeness (QED) is 0.728. The molecule has 3 aromatic rings. The number of hydrogen-bond acceptors (Lipinski definition) is 2. The Morgan fingerprint density at radius 3 is 2.52 bits per heavy atom. The highest BCUT2D eigenvalue weighted by atomic mass is 15.2. The van der Waals surface area contributed by atoms with Crippen molar-refractivity contribution >= 4 is 16.6 Å². The fourth-order valence-corrected chi connectivity index (χ4v) is 3.41. The number of anilines is 1. The van der Waals surface area contributed by atoms with Gasteiger partial charge in [0.2, 0.25) is 0 Å². The van der Waals surface area contributed by atoms with E-state index in [1.165, 1.54) is 30.0 Å². The first-order valence-electron chi connectivity index (χ1n) is 8.22. The van der Waals surface area contributed by atoms with Crippen molar-refractivity contribution in [1.82, 2.24) is 4.98 Å². The summed E-state index contributed by atoms with van der Waals surface area (Å²) >= 11 is 0. The lowest BCUT2D eigenvalue weighted by atomic mass is 10.1. The molecule has 1 saturated heterocycles. The van der Waals surface area contributed by atoms with Crippen molar-refractivity contribution in [2.24, 2.45) is 0 Å². The summed E-state index contributed by atoms with van der Waals surface area (Å²) < 4.78 is 0. The van der Waals surface area contributed by atoms with Crippen molar-refractivity contribution < 1.29 is 1.43 Å². The molecule has 0 amide bonds. The van der Waals surface area contributed by atoms with Crippen LogP contribution >= 0.6 is 0 Å². The highest BCUT2D eigenvalue weighted by molar-refractivity contribution is 5.87. The number of hydrogen-bond donors (Lipinski definition) is 1. The predicted molar refractivity (Wildman–Crippen MR) is 96.6 cm³/mol. The first kappa shape index (κ1) is 13.9. The highest BCUT2D eigenvalue weighted by Crippen LogP contribution is 2.30. The van der Waals surface area contributed by atoms with Gasteiger partial charge < -0.3 is 9.88 Å². The van der Waals surface area contributed by atoms with Gasteiger partial charge in [0, 0.05) is 20.2 Å². The van der Waals surface area contributed by atoms with Crippen molar-refractivity contribution in [2.75, 3.05) is 18.0 Å². The molecular formula is C20H21N3. The molecular weight excluding hydrogens is 282 g/mol. The smallest absolute Gasteiger partial charge is 0.124 e. The van der Waals surface area contributed by atoms with Crippen LogP contribution in [0.1, 0.15) is 26.3 Å². The fourth-order valence-electron chi connectivity index (χ4n) is 3.41. The lowest BCUT2D eigenvalue weighted by molar-refractivity contribution is 0.574. The number of benzene rings is 2. The minimum Gasteiger partial charge on any atom is -0.357 e. The first-order chi connectivity index (χ1) is 11.3. The van der Waals surface area contributed by atoms with Crippen LogP contribution in [0.3, 0.4) is 0 Å². The van der Waals surface area contributed by atoms with E-state index in [2.05, 4.69) is 58.4 Å². The highest BCUT2D eigenvalue weighted by Gasteiger charge is 2.18. The lowest BCUT2D eigenvalue weighted by Gasteiger charge is -2.27. The summed E-state index contributed by atoms with van der Waals surface area (Å²) in [5.41, 5.74) is 2.89. The number of aromatic amines is 1. The van der Waals surface area contributed by atoms with Crippen molar-refractivity contribution in [3.8, 4) is 17.3 Å². The largest absolute Gasteiger partial charge is 0.357 e. The molecule has 116 valence electrons. The van der Waals surface area contributed by atoms with Crippen LogP contribution < -0.4 is 4.90 Å². The molecule has 1 aliphatic heterocycles. The maximum absolute atomic E-state index is 9.48. The molecule has 0 radical (unpaired) electrons. The van der Waals surface area contributed by atoms with Crippen LogP contribution in [0.4, 0.5) is 5.82 Å². The zero-order valence-corrected chi connectivity index (χ0v) is 13.0. The molecule has 1 aromatic heterocycles. The Morgan fingerprint density at radius 2 is 1.74 bits per heavy atom. The fraction of sp³-hybridized carbons (Fsp3) is 0.250. The van der Waals surface area contributed by atoms with Crippen LogP contribution in [0, 0.1) is 11.3 Å². The molecule has 0 bridgehead atoms. The number of rotatable bonds is 2. The van der Waals surface area contributed by atoms with E-state index >= 15 is 0 Å². The summed E-state index contributed by atoms with van der Waals surface area (Å²) in [6.07, 6.45) is 3.70. The Bertz CT molecular complexity index is 885. The van der Waals surface area contributed by atoms with E-state index in [0.717, 1.165) is 35.7 Å². The number of H-pyrrole nitrogens is 1. The first-order valence-corrected chi connectivity index (χ1v) is 8.22. The minimum atomic E-state index is 0. The molecule has 3 nitrogen and oxygen atoms in total. The van der Waals surface area contributed by atoms with Gasteiger partial charge in [0.1, 0.15) is 11.9 Å². The van der Waals surface area contributed by atoms with E-state index in [0.29, 0.717) is 0 Å². The summed E-state index contributed by atoms with van der Waals surface area (Å²) in [7, 11) is 0. The lowest BCUT2D eigenvalue weighted by Crippen LogP contribution is -2.30. The Labute approximate surface area is 137 Å². The van der Waals surface area contributed by atoms with Crippen LogP contribution in [0.5, 0.6) is 0 Å². The molecule has 0 atom stereocenters. The maximum Gasteiger partial charge on any atom is 0.124 e. The second-order valence-corrected chi connectivity index (χ2v) is 6.17. The number of fused-ring (bicyclic) bond motifs is 1. The molecule has 4 rings (SSSR count). The predicted octanol–water partition coefficient (Wildman–Crippen LogP) is 4.94. The van der Waals surface area contributed by atoms with Gasteiger partial charge in [-0.05, 0) is 47.7 Å². The van der Waals surface area contributed by atoms with Crippen molar-refractivity contribution in [1.29, 1.82) is 5.26 Å². The Kier molecular flexibility index (Phi) is 3.51. The van der Waals surface area contributed by atoms with Gasteiger partial charge in [-0.25, -0.2) is 0 Å². The summed E-state index contributed by atoms with van der Waals surface area (Å²) in [6.45, 7) is 2.07. The number of nitriles is 1. The Hall–Kier alpha value is -2.73. The van der Waals surface area contributed by atoms with E-state index in [-0.39, 0.29) is 1.43 Å². The Morgan fingerprint density at radius 1 is 0.957 bits per heavy atom. The number of piperidine rings is 1. The normalized spacial score (nSPS) is 14.8. The molecule has 2 heterocycles. The van der Waals surface area contributed by atoms with Gasteiger partial charge in [0.15, 0.2) is 0 Å². The topological polar surface area (TPSA) is 42.8 Å². The summed E-state index contributed by atoms with van der Waals surface area (Å²) in [4.78, 5) is 5.80. The van der Waals surface area contributed by atoms with Crippen LogP contribution in [-0.2, 0) is 0 Å². The summed E-state index contributed by atoms with van der Waals surface area (Å²) in [6, 6.07) is 19.1. The SMILES string of the molecule is N#Cc1cc(-c2ccc3ccccc3c2)[nH]c1N1CCCCC1.[HH]. The van der Waals surface area contributed by atoms with E-state index in [1.54, 1.807) is 0 Å². The van der Waals surface area contributed by atoms with Crippen LogP contribution in [0.15, 0.2) is 48.5 Å². The molecule has 3 heteroatoms. The van der Waals surface area contributed by atoms with Crippen LogP contribution in [0.2, 0.25) is 0 Å². The van der Waals surface area contributed by atoms with Gasteiger partial charge >= 0.3 is 0 Å². The van der Waals surface area contributed by atoms with Crippen LogP contribution in [0.25, 0.3) is 22.0 Å². The third kappa shape index (κ3) is 2.57. The zero-order chi connectivity index (χ0) is 15.6. The average molecular weight is 303 g/mol. The zero-order valence-electron chi connectivity index (χ0n) is 13.0. The molecule has 0 spiro atoms. The molecule has 0 saturated carbocycles. The van der Waals surface area contributed by atoms with Gasteiger partial charge in [0.05, 0.1) is 5.56 Å². The summed E-state index contributed by atoms with van der Waals surface area (Å²) in [5.74, 6) is 0.982. The molecule has 0 aliphatic carbocycles. The molecule has 2 aromatic carbocycles. The standard InChI is InChI=1S/C20H19N3.H2/c21-14-18-13-19(22-20(18)23-10-4-1-5-11-23)17-9-8-15-6-2-3-7-16(15)12-17;/h2-3,6-9,12-13,22H,1,4-5,10-11H2;1H. The van der Waals surface area contributed by atoms with Crippen molar-refractivity contribution in [3.63, 3.8) is 0 Å². The minimum absolute atomic E-state index is 0. The number of nitrogens with one attached hydrogen (secondary N) is 1. The van der Waals surface area contributed by atoms with Gasteiger partial charge in [-0.3, -0.25) is 0 Å². The third-order valence-electron chi connectivity index (χ3n) is 4.65. The number of nitrogens with zero attached hydrogens (tertiary/aromatic N) is 2. The van der Waals surface area contributed by atoms with E-state index in [9.17, 15) is 5.26 Å². The summed E-state index contributed by atoms with van der Waals surface area (Å²) in [5, 5.41) is 11.9. The molecule has 1 N–H and O–H groups in total. The van der Waals surface area contributed by atoms with E-state index in [4.69, 9.17) is 0 Å². The van der Waals surface area contributed by atoms with Crippen molar-refractivity contribution in [2.45, 2.75) is 19.3 Å². The van der Waals surface area contributed by atoms with Crippen molar-refractivity contribution in [3.05, 3.63) is 54.1 Å². The van der Waals surface area contributed by atoms with E-state index < -0.39 is 0 Å². The van der Waals surface area contributed by atoms with Gasteiger partial charge in [0.25, 0.3) is 0 Å². The monoisotopic (exact) mass is 303 g/mol. The van der Waals surface area contributed by atoms with Crippen LogP contribution in [-0.4, -0.2) is 18.1 Å². The Balaban J connectivity index is 0.00000169. The molecule has 1 aliphatic rings. The van der Waals surface area contributed by atoms with E-state index in [1.807, 2.05) is 6.07 Å². The molecule has 1 fully saturated rings. The van der Waals surface area contributed by atoms with Gasteiger partial charge in [-0.1, -0.05) is 36.4 Å². The second-order valence-electron chi connectivity index (χ2n) is 6.17.